The van der Waals surface area contributed by atoms with Gasteiger partial charge in [-0.15, -0.1) is 5.10 Å². The second-order valence-corrected chi connectivity index (χ2v) is 8.24. The molecule has 0 saturated carbocycles. The summed E-state index contributed by atoms with van der Waals surface area (Å²) in [5.41, 5.74) is 4.73. The molecular formula is C20H22ClN5OS. The summed E-state index contributed by atoms with van der Waals surface area (Å²) >= 11 is 7.53. The van der Waals surface area contributed by atoms with Crippen LogP contribution in [0.5, 0.6) is 0 Å². The molecule has 0 aliphatic heterocycles. The number of nitrogens with zero attached hydrogens (tertiary/aromatic N) is 4. The highest BCUT2D eigenvalue weighted by molar-refractivity contribution is 7.99. The quantitative estimate of drug-likeness (QED) is 0.586. The summed E-state index contributed by atoms with van der Waals surface area (Å²) in [5.74, 6) is 0.467. The van der Waals surface area contributed by atoms with Gasteiger partial charge in [0.25, 0.3) is 0 Å². The summed E-state index contributed by atoms with van der Waals surface area (Å²) in [6.45, 7) is 8.18. The average molecular weight is 416 g/mol. The Hall–Kier alpha value is -2.38. The predicted octanol–water partition coefficient (Wildman–Crippen LogP) is 4.79. The summed E-state index contributed by atoms with van der Waals surface area (Å²) in [7, 11) is 0. The molecule has 0 radical (unpaired) electrons. The van der Waals surface area contributed by atoms with E-state index in [1.807, 2.05) is 38.1 Å². The highest BCUT2D eigenvalue weighted by atomic mass is 35.5. The number of thioether (sulfide) groups is 1. The number of hydrogen-bond donors (Lipinski definition) is 1. The van der Waals surface area contributed by atoms with Gasteiger partial charge in [0, 0.05) is 0 Å². The number of aromatic nitrogens is 4. The summed E-state index contributed by atoms with van der Waals surface area (Å²) in [6.07, 6.45) is 0. The van der Waals surface area contributed by atoms with E-state index in [0.717, 1.165) is 16.8 Å². The van der Waals surface area contributed by atoms with Gasteiger partial charge in [-0.2, -0.15) is 4.68 Å². The second kappa shape index (κ2) is 8.75. The highest BCUT2D eigenvalue weighted by Crippen LogP contribution is 2.28. The maximum Gasteiger partial charge on any atom is 0.234 e. The Morgan fingerprint density at radius 3 is 2.57 bits per heavy atom. The lowest BCUT2D eigenvalue weighted by Gasteiger charge is -2.11. The van der Waals surface area contributed by atoms with Crippen LogP contribution in [0.2, 0.25) is 5.02 Å². The van der Waals surface area contributed by atoms with Crippen molar-refractivity contribution >= 4 is 35.0 Å². The molecule has 1 N–H and O–H groups in total. The number of amides is 1. The van der Waals surface area contributed by atoms with Crippen LogP contribution in [0.4, 0.5) is 5.69 Å². The minimum Gasteiger partial charge on any atom is -0.324 e. The molecule has 0 aliphatic rings. The zero-order valence-electron chi connectivity index (χ0n) is 16.2. The lowest BCUT2D eigenvalue weighted by atomic mass is 10.0. The fraction of sp³-hybridized carbons (Fsp3) is 0.300. The summed E-state index contributed by atoms with van der Waals surface area (Å²) in [4.78, 5) is 12.4. The average Bonchev–Trinajstić information content (AvgIpc) is 3.11. The molecule has 0 bridgehead atoms. The fourth-order valence-electron chi connectivity index (χ4n) is 2.81. The fourth-order valence-corrected chi connectivity index (χ4v) is 3.87. The van der Waals surface area contributed by atoms with E-state index in [9.17, 15) is 4.79 Å². The molecule has 6 nitrogen and oxygen atoms in total. The number of halogens is 1. The molecular weight excluding hydrogens is 394 g/mol. The molecule has 0 unspecified atom stereocenters. The van der Waals surface area contributed by atoms with Crippen LogP contribution in [-0.4, -0.2) is 31.9 Å². The first-order chi connectivity index (χ1) is 13.3. The minimum absolute atomic E-state index is 0.163. The number of rotatable bonds is 6. The van der Waals surface area contributed by atoms with Crippen LogP contribution < -0.4 is 5.32 Å². The maximum atomic E-state index is 12.4. The Balaban J connectivity index is 1.67. The molecule has 0 saturated heterocycles. The van der Waals surface area contributed by atoms with Gasteiger partial charge in [-0.25, -0.2) is 0 Å². The molecule has 28 heavy (non-hydrogen) atoms. The van der Waals surface area contributed by atoms with Crippen LogP contribution in [0.25, 0.3) is 5.69 Å². The van der Waals surface area contributed by atoms with E-state index in [2.05, 4.69) is 46.8 Å². The van der Waals surface area contributed by atoms with Crippen molar-refractivity contribution in [1.82, 2.24) is 20.2 Å². The predicted molar refractivity (Wildman–Crippen MR) is 114 cm³/mol. The van der Waals surface area contributed by atoms with Crippen molar-refractivity contribution in [2.24, 2.45) is 0 Å². The molecule has 146 valence electrons. The van der Waals surface area contributed by atoms with Gasteiger partial charge >= 0.3 is 0 Å². The number of carbonyl (C=O) groups excluding carboxylic acids is 1. The summed E-state index contributed by atoms with van der Waals surface area (Å²) in [6, 6.07) is 11.9. The molecule has 0 fully saturated rings. The Morgan fingerprint density at radius 2 is 1.93 bits per heavy atom. The zero-order valence-corrected chi connectivity index (χ0v) is 17.8. The van der Waals surface area contributed by atoms with E-state index in [1.54, 1.807) is 4.68 Å². The third-order valence-electron chi connectivity index (χ3n) is 4.27. The first kappa shape index (κ1) is 20.4. The van der Waals surface area contributed by atoms with Gasteiger partial charge in [0.15, 0.2) is 0 Å². The van der Waals surface area contributed by atoms with Gasteiger partial charge in [0.05, 0.1) is 22.2 Å². The number of anilines is 1. The third kappa shape index (κ3) is 4.72. The van der Waals surface area contributed by atoms with E-state index in [1.165, 1.54) is 17.3 Å². The highest BCUT2D eigenvalue weighted by Gasteiger charge is 2.14. The summed E-state index contributed by atoms with van der Waals surface area (Å²) < 4.78 is 1.63. The third-order valence-corrected chi connectivity index (χ3v) is 5.49. The molecule has 3 rings (SSSR count). The standard InChI is InChI=1S/C20H22ClN5OS/c1-12(2)15-5-7-16(8-6-15)26-20(23-24-25-26)28-11-18(27)22-19-14(4)9-13(3)10-17(19)21/h5-10,12H,11H2,1-4H3,(H,22,27). The minimum atomic E-state index is -0.163. The van der Waals surface area contributed by atoms with Gasteiger partial charge in [-0.05, 0) is 65.1 Å². The van der Waals surface area contributed by atoms with Crippen LogP contribution in [0, 0.1) is 13.8 Å². The van der Waals surface area contributed by atoms with E-state index < -0.39 is 0 Å². The number of benzene rings is 2. The Morgan fingerprint density at radius 1 is 1.21 bits per heavy atom. The molecule has 0 aliphatic carbocycles. The van der Waals surface area contributed by atoms with E-state index in [4.69, 9.17) is 11.6 Å². The van der Waals surface area contributed by atoms with E-state index >= 15 is 0 Å². The monoisotopic (exact) mass is 415 g/mol. The SMILES string of the molecule is Cc1cc(C)c(NC(=O)CSc2nnnn2-c2ccc(C(C)C)cc2)c(Cl)c1. The molecule has 1 heterocycles. The van der Waals surface area contributed by atoms with Gasteiger partial charge in [-0.1, -0.05) is 55.4 Å². The first-order valence-electron chi connectivity index (χ1n) is 8.93. The lowest BCUT2D eigenvalue weighted by molar-refractivity contribution is -0.113. The van der Waals surface area contributed by atoms with Crippen LogP contribution in [0.3, 0.4) is 0 Å². The van der Waals surface area contributed by atoms with Crippen molar-refractivity contribution in [3.05, 3.63) is 58.1 Å². The van der Waals surface area contributed by atoms with Crippen LogP contribution in [0.1, 0.15) is 36.5 Å². The van der Waals surface area contributed by atoms with Crippen molar-refractivity contribution in [3.8, 4) is 5.69 Å². The maximum absolute atomic E-state index is 12.4. The van der Waals surface area contributed by atoms with Gasteiger partial charge in [0.1, 0.15) is 0 Å². The van der Waals surface area contributed by atoms with Gasteiger partial charge in [0.2, 0.25) is 11.1 Å². The Bertz CT molecular complexity index is 962. The van der Waals surface area contributed by atoms with Crippen molar-refractivity contribution in [2.45, 2.75) is 38.8 Å². The molecule has 0 atom stereocenters. The smallest absolute Gasteiger partial charge is 0.234 e. The number of aryl methyl sites for hydroxylation is 2. The van der Waals surface area contributed by atoms with Crippen molar-refractivity contribution in [2.75, 3.05) is 11.1 Å². The summed E-state index contributed by atoms with van der Waals surface area (Å²) in [5, 5.41) is 15.8. The Labute approximate surface area is 173 Å². The lowest BCUT2D eigenvalue weighted by Crippen LogP contribution is -2.16. The van der Waals surface area contributed by atoms with E-state index in [-0.39, 0.29) is 11.7 Å². The molecule has 8 heteroatoms. The molecule has 2 aromatic carbocycles. The molecule has 1 aromatic heterocycles. The normalized spacial score (nSPS) is 11.1. The Kier molecular flexibility index (Phi) is 6.36. The van der Waals surface area contributed by atoms with E-state index in [0.29, 0.717) is 21.8 Å². The number of tetrazole rings is 1. The van der Waals surface area contributed by atoms with Crippen molar-refractivity contribution in [3.63, 3.8) is 0 Å². The van der Waals surface area contributed by atoms with Gasteiger partial charge in [-0.3, -0.25) is 4.79 Å². The number of carbonyl (C=O) groups is 1. The van der Waals surface area contributed by atoms with Crippen molar-refractivity contribution < 1.29 is 4.79 Å². The second-order valence-electron chi connectivity index (χ2n) is 6.89. The van der Waals surface area contributed by atoms with Crippen LogP contribution in [0.15, 0.2) is 41.6 Å². The number of hydrogen-bond acceptors (Lipinski definition) is 5. The number of nitrogens with one attached hydrogen (secondary N) is 1. The molecule has 0 spiro atoms. The van der Waals surface area contributed by atoms with Crippen LogP contribution >= 0.6 is 23.4 Å². The van der Waals surface area contributed by atoms with Crippen LogP contribution in [-0.2, 0) is 4.79 Å². The zero-order chi connectivity index (χ0) is 20.3. The molecule has 1 amide bonds. The molecule has 3 aromatic rings. The van der Waals surface area contributed by atoms with Crippen molar-refractivity contribution in [1.29, 1.82) is 0 Å². The van der Waals surface area contributed by atoms with Gasteiger partial charge < -0.3 is 5.32 Å². The topological polar surface area (TPSA) is 72.7 Å². The first-order valence-corrected chi connectivity index (χ1v) is 10.3. The largest absolute Gasteiger partial charge is 0.324 e.